The van der Waals surface area contributed by atoms with E-state index in [0.29, 0.717) is 12.1 Å². The molecule has 2 aromatic rings. The Morgan fingerprint density at radius 1 is 1.32 bits per heavy atom. The Kier molecular flexibility index (Phi) is 4.24. The second kappa shape index (κ2) is 5.90. The number of halogens is 1. The van der Waals surface area contributed by atoms with Gasteiger partial charge in [0.05, 0.1) is 4.92 Å². The fraction of sp³-hybridized carbons (Fsp3) is 0.231. The molecule has 1 aromatic heterocycles. The number of hydrogen-bond acceptors (Lipinski definition) is 4. The smallest absolute Gasteiger partial charge is 0.305 e. The van der Waals surface area contributed by atoms with Crippen LogP contribution in [-0.4, -0.2) is 4.92 Å². The Balaban J connectivity index is 2.02. The Bertz CT molecular complexity index is 598. The average Bonchev–Trinajstić information content (AvgIpc) is 2.77. The maximum atomic E-state index is 13.8. The first-order valence-corrected chi connectivity index (χ1v) is 6.68. The summed E-state index contributed by atoms with van der Waals surface area (Å²) in [5.41, 5.74) is 2.18. The van der Waals surface area contributed by atoms with Crippen LogP contribution in [-0.2, 0) is 13.1 Å². The summed E-state index contributed by atoms with van der Waals surface area (Å²) in [6.07, 6.45) is 0. The number of nitrogens with one attached hydrogen (secondary N) is 1. The average molecular weight is 280 g/mol. The van der Waals surface area contributed by atoms with Crippen LogP contribution in [0.3, 0.4) is 0 Å². The number of nitro groups is 1. The van der Waals surface area contributed by atoms with Gasteiger partial charge in [0.15, 0.2) is 0 Å². The molecule has 0 saturated heterocycles. The summed E-state index contributed by atoms with van der Waals surface area (Å²) in [4.78, 5) is 9.92. The summed E-state index contributed by atoms with van der Waals surface area (Å²) in [7, 11) is 0. The summed E-state index contributed by atoms with van der Waals surface area (Å²) in [6.45, 7) is 2.90. The van der Waals surface area contributed by atoms with Crippen LogP contribution in [0.4, 0.5) is 10.1 Å². The largest absolute Gasteiger partial charge is 0.308 e. The SMILES string of the molecule is Cc1cscc1CNCc1cccc([N+](=O)[O-])c1F. The van der Waals surface area contributed by atoms with Gasteiger partial charge in [-0.15, -0.1) is 0 Å². The van der Waals surface area contributed by atoms with E-state index >= 15 is 0 Å². The standard InChI is InChI=1S/C13H13FN2O2S/c1-9-7-19-8-11(9)6-15-5-10-3-2-4-12(13(10)14)16(17)18/h2-4,7-8,15H,5-6H2,1H3. The van der Waals surface area contributed by atoms with Gasteiger partial charge in [0, 0.05) is 24.7 Å². The minimum absolute atomic E-state index is 0.267. The third kappa shape index (κ3) is 3.15. The lowest BCUT2D eigenvalue weighted by molar-refractivity contribution is -0.387. The van der Waals surface area contributed by atoms with Crippen LogP contribution in [0, 0.1) is 22.9 Å². The van der Waals surface area contributed by atoms with Crippen molar-refractivity contribution in [2.75, 3.05) is 0 Å². The third-order valence-electron chi connectivity index (χ3n) is 2.85. The number of aryl methyl sites for hydroxylation is 1. The molecule has 0 fully saturated rings. The van der Waals surface area contributed by atoms with Crippen molar-refractivity contribution in [3.8, 4) is 0 Å². The quantitative estimate of drug-likeness (QED) is 0.674. The van der Waals surface area contributed by atoms with Crippen LogP contribution >= 0.6 is 11.3 Å². The number of hydrogen-bond donors (Lipinski definition) is 1. The molecular weight excluding hydrogens is 267 g/mol. The third-order valence-corrected chi connectivity index (χ3v) is 3.76. The number of nitro benzene ring substituents is 1. The molecule has 0 atom stereocenters. The van der Waals surface area contributed by atoms with E-state index in [1.165, 1.54) is 17.7 Å². The van der Waals surface area contributed by atoms with Crippen molar-refractivity contribution in [2.45, 2.75) is 20.0 Å². The minimum atomic E-state index is -0.762. The Morgan fingerprint density at radius 3 is 2.68 bits per heavy atom. The van der Waals surface area contributed by atoms with Crippen molar-refractivity contribution in [3.63, 3.8) is 0 Å². The highest BCUT2D eigenvalue weighted by Gasteiger charge is 2.16. The molecule has 19 heavy (non-hydrogen) atoms. The number of thiophene rings is 1. The van der Waals surface area contributed by atoms with E-state index < -0.39 is 16.4 Å². The fourth-order valence-electron chi connectivity index (χ4n) is 1.74. The fourth-order valence-corrected chi connectivity index (χ4v) is 2.60. The summed E-state index contributed by atoms with van der Waals surface area (Å²) < 4.78 is 13.8. The van der Waals surface area contributed by atoms with Crippen molar-refractivity contribution in [1.29, 1.82) is 0 Å². The van der Waals surface area contributed by atoms with Gasteiger partial charge in [0.2, 0.25) is 5.82 Å². The highest BCUT2D eigenvalue weighted by atomic mass is 32.1. The topological polar surface area (TPSA) is 55.2 Å². The molecule has 0 saturated carbocycles. The van der Waals surface area contributed by atoms with E-state index in [1.54, 1.807) is 17.4 Å². The Morgan fingerprint density at radius 2 is 2.05 bits per heavy atom. The summed E-state index contributed by atoms with van der Waals surface area (Å²) in [6, 6.07) is 4.21. The highest BCUT2D eigenvalue weighted by Crippen LogP contribution is 2.20. The molecule has 4 nitrogen and oxygen atoms in total. The molecule has 2 rings (SSSR count). The lowest BCUT2D eigenvalue weighted by Crippen LogP contribution is -2.14. The number of nitrogens with zero attached hydrogens (tertiary/aromatic N) is 1. The van der Waals surface area contributed by atoms with Crippen molar-refractivity contribution < 1.29 is 9.31 Å². The molecule has 0 radical (unpaired) electrons. The molecule has 6 heteroatoms. The first-order chi connectivity index (χ1) is 9.09. The van der Waals surface area contributed by atoms with Crippen LogP contribution in [0.25, 0.3) is 0 Å². The van der Waals surface area contributed by atoms with Crippen molar-refractivity contribution in [3.05, 3.63) is 61.6 Å². The van der Waals surface area contributed by atoms with E-state index in [2.05, 4.69) is 5.32 Å². The van der Waals surface area contributed by atoms with Crippen molar-refractivity contribution >= 4 is 17.0 Å². The highest BCUT2D eigenvalue weighted by molar-refractivity contribution is 7.08. The van der Waals surface area contributed by atoms with Gasteiger partial charge in [-0.05, 0) is 28.8 Å². The molecule has 0 aliphatic heterocycles. The molecular formula is C13H13FN2O2S. The maximum absolute atomic E-state index is 13.8. The molecule has 0 bridgehead atoms. The van der Waals surface area contributed by atoms with Gasteiger partial charge in [-0.25, -0.2) is 0 Å². The maximum Gasteiger partial charge on any atom is 0.305 e. The number of rotatable bonds is 5. The second-order valence-corrected chi connectivity index (χ2v) is 4.93. The van der Waals surface area contributed by atoms with Crippen LogP contribution in [0.2, 0.25) is 0 Å². The molecule has 0 spiro atoms. The molecule has 1 N–H and O–H groups in total. The monoisotopic (exact) mass is 280 g/mol. The van der Waals surface area contributed by atoms with Crippen LogP contribution in [0.5, 0.6) is 0 Å². The van der Waals surface area contributed by atoms with Gasteiger partial charge in [-0.3, -0.25) is 10.1 Å². The van der Waals surface area contributed by atoms with Crippen molar-refractivity contribution in [1.82, 2.24) is 5.32 Å². The summed E-state index contributed by atoms with van der Waals surface area (Å²) in [5.74, 6) is -0.762. The van der Waals surface area contributed by atoms with Gasteiger partial charge in [0.1, 0.15) is 0 Å². The molecule has 0 amide bonds. The summed E-state index contributed by atoms with van der Waals surface area (Å²) in [5, 5.41) is 17.8. The first kappa shape index (κ1) is 13.6. The van der Waals surface area contributed by atoms with E-state index in [4.69, 9.17) is 0 Å². The van der Waals surface area contributed by atoms with Crippen molar-refractivity contribution in [2.24, 2.45) is 0 Å². The molecule has 100 valence electrons. The zero-order chi connectivity index (χ0) is 13.8. The molecule has 0 unspecified atom stereocenters. The molecule has 1 heterocycles. The van der Waals surface area contributed by atoms with Gasteiger partial charge in [-0.1, -0.05) is 12.1 Å². The first-order valence-electron chi connectivity index (χ1n) is 5.73. The van der Waals surface area contributed by atoms with Crippen LogP contribution < -0.4 is 5.32 Å². The Hall–Kier alpha value is -1.79. The Labute approximate surface area is 114 Å². The second-order valence-electron chi connectivity index (χ2n) is 4.19. The van der Waals surface area contributed by atoms with Gasteiger partial charge >= 0.3 is 5.69 Å². The molecule has 0 aliphatic carbocycles. The lowest BCUT2D eigenvalue weighted by Gasteiger charge is -2.06. The predicted molar refractivity (Wildman–Crippen MR) is 72.7 cm³/mol. The van der Waals surface area contributed by atoms with Gasteiger partial charge in [0.25, 0.3) is 0 Å². The number of benzene rings is 1. The van der Waals surface area contributed by atoms with Crippen LogP contribution in [0.15, 0.2) is 29.0 Å². The van der Waals surface area contributed by atoms with E-state index in [1.807, 2.05) is 17.7 Å². The molecule has 0 aliphatic rings. The van der Waals surface area contributed by atoms with Gasteiger partial charge in [-0.2, -0.15) is 15.7 Å². The summed E-state index contributed by atoms with van der Waals surface area (Å²) >= 11 is 1.62. The van der Waals surface area contributed by atoms with E-state index in [0.717, 1.165) is 5.56 Å². The van der Waals surface area contributed by atoms with Crippen LogP contribution in [0.1, 0.15) is 16.7 Å². The normalized spacial score (nSPS) is 10.6. The minimum Gasteiger partial charge on any atom is -0.308 e. The predicted octanol–water partition coefficient (Wildman–Crippen LogP) is 3.39. The van der Waals surface area contributed by atoms with E-state index in [-0.39, 0.29) is 6.54 Å². The van der Waals surface area contributed by atoms with Gasteiger partial charge < -0.3 is 5.32 Å². The lowest BCUT2D eigenvalue weighted by atomic mass is 10.1. The zero-order valence-corrected chi connectivity index (χ0v) is 11.2. The van der Waals surface area contributed by atoms with E-state index in [9.17, 15) is 14.5 Å². The zero-order valence-electron chi connectivity index (χ0n) is 10.4. The molecule has 1 aromatic carbocycles.